The Kier molecular flexibility index (Phi) is 2.98. The van der Waals surface area contributed by atoms with E-state index in [1.54, 1.807) is 12.1 Å². The van der Waals surface area contributed by atoms with Gasteiger partial charge >= 0.3 is 12.0 Å². The maximum absolute atomic E-state index is 11.7. The van der Waals surface area contributed by atoms with Crippen LogP contribution in [0.4, 0.5) is 10.7 Å². The van der Waals surface area contributed by atoms with Crippen LogP contribution in [0.25, 0.3) is 10.9 Å². The van der Waals surface area contributed by atoms with Crippen LogP contribution in [0.3, 0.4) is 0 Å². The SMILES string of the molecule is O=C1CCN(c2ncc3c(C(=O)O)cccc3n2)C(=O)N1. The van der Waals surface area contributed by atoms with E-state index in [9.17, 15) is 14.4 Å². The number of aromatic carboxylic acids is 1. The summed E-state index contributed by atoms with van der Waals surface area (Å²) in [6, 6.07) is 4.09. The summed E-state index contributed by atoms with van der Waals surface area (Å²) in [6.45, 7) is 0.189. The molecule has 3 rings (SSSR count). The van der Waals surface area contributed by atoms with Crippen molar-refractivity contribution >= 4 is 34.8 Å². The molecule has 1 aliphatic heterocycles. The summed E-state index contributed by atoms with van der Waals surface area (Å²) in [6.07, 6.45) is 1.53. The Bertz CT molecular complexity index is 774. The topological polar surface area (TPSA) is 112 Å². The van der Waals surface area contributed by atoms with Crippen LogP contribution in [0.15, 0.2) is 24.4 Å². The minimum absolute atomic E-state index is 0.0947. The maximum atomic E-state index is 11.7. The average Bonchev–Trinajstić information content (AvgIpc) is 2.46. The molecule has 2 heterocycles. The van der Waals surface area contributed by atoms with Gasteiger partial charge in [-0.25, -0.2) is 19.6 Å². The van der Waals surface area contributed by atoms with Gasteiger partial charge < -0.3 is 5.11 Å². The Morgan fingerprint density at radius 2 is 2.14 bits per heavy atom. The van der Waals surface area contributed by atoms with E-state index in [2.05, 4.69) is 15.3 Å². The van der Waals surface area contributed by atoms with E-state index in [1.807, 2.05) is 0 Å². The van der Waals surface area contributed by atoms with Crippen molar-refractivity contribution in [3.8, 4) is 0 Å². The van der Waals surface area contributed by atoms with Crippen molar-refractivity contribution in [3.05, 3.63) is 30.0 Å². The van der Waals surface area contributed by atoms with Crippen LogP contribution < -0.4 is 10.2 Å². The Morgan fingerprint density at radius 3 is 2.86 bits per heavy atom. The van der Waals surface area contributed by atoms with Crippen molar-refractivity contribution in [2.24, 2.45) is 0 Å². The van der Waals surface area contributed by atoms with Crippen molar-refractivity contribution in [1.82, 2.24) is 15.3 Å². The number of hydrogen-bond donors (Lipinski definition) is 2. The summed E-state index contributed by atoms with van der Waals surface area (Å²) in [4.78, 5) is 43.4. The summed E-state index contributed by atoms with van der Waals surface area (Å²) >= 11 is 0. The van der Waals surface area contributed by atoms with Crippen LogP contribution in [0.1, 0.15) is 16.8 Å². The third-order valence-corrected chi connectivity index (χ3v) is 3.14. The average molecular weight is 286 g/mol. The molecule has 1 aliphatic rings. The molecule has 21 heavy (non-hydrogen) atoms. The number of carbonyl (C=O) groups excluding carboxylic acids is 2. The number of benzene rings is 1. The molecule has 0 radical (unpaired) electrons. The number of nitrogens with zero attached hydrogens (tertiary/aromatic N) is 3. The number of hydrogen-bond acceptors (Lipinski definition) is 5. The molecule has 8 heteroatoms. The number of carbonyl (C=O) groups is 3. The van der Waals surface area contributed by atoms with Crippen molar-refractivity contribution in [2.45, 2.75) is 6.42 Å². The van der Waals surface area contributed by atoms with Crippen molar-refractivity contribution < 1.29 is 19.5 Å². The molecule has 1 fully saturated rings. The van der Waals surface area contributed by atoms with Gasteiger partial charge in [0.2, 0.25) is 11.9 Å². The summed E-state index contributed by atoms with van der Waals surface area (Å²) in [5, 5.41) is 11.7. The number of carboxylic acids is 1. The zero-order valence-corrected chi connectivity index (χ0v) is 10.7. The summed E-state index contributed by atoms with van der Waals surface area (Å²) < 4.78 is 0. The second kappa shape index (κ2) is 4.82. The summed E-state index contributed by atoms with van der Waals surface area (Å²) in [5.74, 6) is -1.28. The fraction of sp³-hybridized carbons (Fsp3) is 0.154. The van der Waals surface area contributed by atoms with Crippen LogP contribution in [0.2, 0.25) is 0 Å². The Hall–Kier alpha value is -3.03. The molecule has 8 nitrogen and oxygen atoms in total. The number of carboxylic acid groups (broad SMARTS) is 1. The van der Waals surface area contributed by atoms with Gasteiger partial charge in [-0.1, -0.05) is 6.07 Å². The first-order chi connectivity index (χ1) is 10.1. The molecule has 0 saturated carbocycles. The quantitative estimate of drug-likeness (QED) is 0.843. The van der Waals surface area contributed by atoms with Crippen LogP contribution in [0.5, 0.6) is 0 Å². The van der Waals surface area contributed by atoms with Gasteiger partial charge in [-0.3, -0.25) is 15.0 Å². The lowest BCUT2D eigenvalue weighted by molar-refractivity contribution is -0.120. The van der Waals surface area contributed by atoms with E-state index in [-0.39, 0.29) is 30.4 Å². The van der Waals surface area contributed by atoms with Crippen LogP contribution in [-0.4, -0.2) is 39.5 Å². The molecule has 3 amide bonds. The van der Waals surface area contributed by atoms with E-state index >= 15 is 0 Å². The molecule has 1 aromatic heterocycles. The Balaban J connectivity index is 2.04. The molecule has 1 saturated heterocycles. The highest BCUT2D eigenvalue weighted by atomic mass is 16.4. The second-order valence-electron chi connectivity index (χ2n) is 4.47. The van der Waals surface area contributed by atoms with E-state index in [0.29, 0.717) is 10.9 Å². The van der Waals surface area contributed by atoms with Gasteiger partial charge in [0.15, 0.2) is 0 Å². The first-order valence-electron chi connectivity index (χ1n) is 6.16. The van der Waals surface area contributed by atoms with Gasteiger partial charge in [0.25, 0.3) is 0 Å². The summed E-state index contributed by atoms with van der Waals surface area (Å²) in [5.41, 5.74) is 0.516. The molecule has 0 aliphatic carbocycles. The third kappa shape index (κ3) is 2.27. The highest BCUT2D eigenvalue weighted by Gasteiger charge is 2.26. The first kappa shape index (κ1) is 13.0. The Morgan fingerprint density at radius 1 is 1.33 bits per heavy atom. The Labute approximate surface area is 118 Å². The van der Waals surface area contributed by atoms with Crippen LogP contribution in [0, 0.1) is 0 Å². The lowest BCUT2D eigenvalue weighted by Gasteiger charge is -2.24. The molecule has 0 atom stereocenters. The summed E-state index contributed by atoms with van der Waals surface area (Å²) in [7, 11) is 0. The zero-order valence-electron chi connectivity index (χ0n) is 10.7. The smallest absolute Gasteiger partial charge is 0.336 e. The predicted octanol–water partition coefficient (Wildman–Crippen LogP) is 0.774. The van der Waals surface area contributed by atoms with Gasteiger partial charge in [-0.2, -0.15) is 0 Å². The van der Waals surface area contributed by atoms with Crippen molar-refractivity contribution in [1.29, 1.82) is 0 Å². The van der Waals surface area contributed by atoms with Gasteiger partial charge in [-0.05, 0) is 12.1 Å². The molecule has 0 spiro atoms. The molecule has 106 valence electrons. The zero-order chi connectivity index (χ0) is 15.0. The minimum Gasteiger partial charge on any atom is -0.478 e. The van der Waals surface area contributed by atoms with Crippen molar-refractivity contribution in [2.75, 3.05) is 11.4 Å². The number of urea groups is 1. The fourth-order valence-corrected chi connectivity index (χ4v) is 2.12. The highest BCUT2D eigenvalue weighted by molar-refractivity contribution is 6.06. The van der Waals surface area contributed by atoms with E-state index in [1.165, 1.54) is 17.2 Å². The number of anilines is 1. The normalized spacial score (nSPS) is 15.1. The largest absolute Gasteiger partial charge is 0.478 e. The molecular weight excluding hydrogens is 276 g/mol. The number of rotatable bonds is 2. The number of fused-ring (bicyclic) bond motifs is 1. The highest BCUT2D eigenvalue weighted by Crippen LogP contribution is 2.20. The van der Waals surface area contributed by atoms with Crippen molar-refractivity contribution in [3.63, 3.8) is 0 Å². The predicted molar refractivity (Wildman–Crippen MR) is 72.0 cm³/mol. The molecule has 2 N–H and O–H groups in total. The van der Waals surface area contributed by atoms with Crippen LogP contribution >= 0.6 is 0 Å². The van der Waals surface area contributed by atoms with Crippen LogP contribution in [-0.2, 0) is 4.79 Å². The lowest BCUT2D eigenvalue weighted by atomic mass is 10.1. The molecular formula is C13H10N4O4. The third-order valence-electron chi connectivity index (χ3n) is 3.14. The van der Waals surface area contributed by atoms with Gasteiger partial charge in [-0.15, -0.1) is 0 Å². The van der Waals surface area contributed by atoms with E-state index < -0.39 is 12.0 Å². The molecule has 0 bridgehead atoms. The number of nitrogens with one attached hydrogen (secondary N) is 1. The lowest BCUT2D eigenvalue weighted by Crippen LogP contribution is -2.50. The first-order valence-corrected chi connectivity index (χ1v) is 6.16. The number of aromatic nitrogens is 2. The minimum atomic E-state index is -1.07. The van der Waals surface area contributed by atoms with Gasteiger partial charge in [0, 0.05) is 24.5 Å². The monoisotopic (exact) mass is 286 g/mol. The molecule has 1 aromatic carbocycles. The van der Waals surface area contributed by atoms with E-state index in [4.69, 9.17) is 5.11 Å². The maximum Gasteiger partial charge on any atom is 0.336 e. The second-order valence-corrected chi connectivity index (χ2v) is 4.47. The molecule has 2 aromatic rings. The van der Waals surface area contributed by atoms with Gasteiger partial charge in [0.05, 0.1) is 11.1 Å². The number of imide groups is 1. The van der Waals surface area contributed by atoms with E-state index in [0.717, 1.165) is 0 Å². The van der Waals surface area contributed by atoms with Gasteiger partial charge in [0.1, 0.15) is 0 Å². The number of amides is 3. The molecule has 0 unspecified atom stereocenters. The fourth-order valence-electron chi connectivity index (χ4n) is 2.12. The standard InChI is InChI=1S/C13H10N4O4/c18-10-4-5-17(13(21)16-10)12-14-6-8-7(11(19)20)2-1-3-9(8)15-12/h1-3,6H,4-5H2,(H,19,20)(H,16,18,21).